The third kappa shape index (κ3) is 37.2. The highest BCUT2D eigenvalue weighted by atomic mass is 16.7. The number of aliphatic hydroxyl groups excluding tert-OH is 5. The molecule has 7 atom stereocenters. The maximum absolute atomic E-state index is 13.0. The Bertz CT molecular complexity index is 1140. The average molecular weight is 968 g/mol. The summed E-state index contributed by atoms with van der Waals surface area (Å²) in [7, 11) is 0. The zero-order chi connectivity index (χ0) is 49.6. The first-order valence-electron chi connectivity index (χ1n) is 29.0. The highest BCUT2D eigenvalue weighted by Crippen LogP contribution is 2.23. The second kappa shape index (κ2) is 47.7. The second-order valence-corrected chi connectivity index (χ2v) is 20.4. The number of hydrogen-bond acceptors (Lipinski definition) is 10. The molecule has 0 aromatic rings. The van der Waals surface area contributed by atoms with E-state index in [9.17, 15) is 35.1 Å². The molecule has 0 saturated carbocycles. The van der Waals surface area contributed by atoms with Gasteiger partial charge in [-0.25, -0.2) is 0 Å². The van der Waals surface area contributed by atoms with Crippen LogP contribution in [0.4, 0.5) is 0 Å². The first kappa shape index (κ1) is 64.4. The van der Waals surface area contributed by atoms with Crippen LogP contribution in [0.5, 0.6) is 0 Å². The van der Waals surface area contributed by atoms with Crippen LogP contribution in [-0.2, 0) is 23.8 Å². The van der Waals surface area contributed by atoms with E-state index >= 15 is 0 Å². The molecule has 402 valence electrons. The van der Waals surface area contributed by atoms with E-state index in [0.29, 0.717) is 19.4 Å². The molecule has 1 amide bonds. The molecule has 0 bridgehead atoms. The number of aliphatic hydroxyl groups is 5. The molecule has 68 heavy (non-hydrogen) atoms. The van der Waals surface area contributed by atoms with Gasteiger partial charge in [0.2, 0.25) is 5.91 Å². The number of esters is 1. The molecule has 6 N–H and O–H groups in total. The van der Waals surface area contributed by atoms with Crippen molar-refractivity contribution in [3.8, 4) is 0 Å². The van der Waals surface area contributed by atoms with E-state index < -0.39 is 49.5 Å². The van der Waals surface area contributed by atoms with Crippen molar-refractivity contribution < 1.29 is 49.3 Å². The zero-order valence-corrected chi connectivity index (χ0v) is 44.1. The number of carbonyl (C=O) groups is 2. The number of ether oxygens (including phenoxy) is 3. The van der Waals surface area contributed by atoms with Crippen molar-refractivity contribution in [1.29, 1.82) is 0 Å². The summed E-state index contributed by atoms with van der Waals surface area (Å²) in [5, 5.41) is 54.2. The topological polar surface area (TPSA) is 175 Å². The van der Waals surface area contributed by atoms with E-state index in [2.05, 4.69) is 19.2 Å². The highest BCUT2D eigenvalue weighted by Gasteiger charge is 2.44. The Labute approximate surface area is 417 Å². The number of hydrogen-bond donors (Lipinski definition) is 6. The maximum atomic E-state index is 13.0. The molecule has 7 unspecified atom stereocenters. The molecule has 0 aliphatic carbocycles. The number of rotatable bonds is 50. The number of nitrogens with one attached hydrogen (secondary N) is 1. The lowest BCUT2D eigenvalue weighted by atomic mass is 9.99. The Morgan fingerprint density at radius 1 is 0.529 bits per heavy atom. The van der Waals surface area contributed by atoms with Crippen molar-refractivity contribution >= 4 is 11.9 Å². The van der Waals surface area contributed by atoms with Crippen molar-refractivity contribution in [2.75, 3.05) is 19.8 Å². The molecule has 1 aliphatic rings. The van der Waals surface area contributed by atoms with Gasteiger partial charge < -0.3 is 45.1 Å². The summed E-state index contributed by atoms with van der Waals surface area (Å²) in [6.45, 7) is 4.31. The van der Waals surface area contributed by atoms with E-state index in [1.807, 2.05) is 6.08 Å². The number of unbranched alkanes of at least 4 members (excludes halogenated alkanes) is 36. The number of amides is 1. The molecule has 1 saturated heterocycles. The molecule has 11 heteroatoms. The smallest absolute Gasteiger partial charge is 0.305 e. The first-order chi connectivity index (χ1) is 33.2. The molecule has 11 nitrogen and oxygen atoms in total. The van der Waals surface area contributed by atoms with Crippen molar-refractivity contribution in [2.24, 2.45) is 0 Å². The van der Waals surface area contributed by atoms with Gasteiger partial charge in [0.15, 0.2) is 6.29 Å². The van der Waals surface area contributed by atoms with E-state index in [0.717, 1.165) is 64.2 Å². The Morgan fingerprint density at radius 2 is 0.926 bits per heavy atom. The van der Waals surface area contributed by atoms with Gasteiger partial charge in [-0.2, -0.15) is 0 Å². The normalized spacial score (nSPS) is 19.4. The largest absolute Gasteiger partial charge is 0.466 e. The summed E-state index contributed by atoms with van der Waals surface area (Å²) in [5.74, 6) is -0.194. The van der Waals surface area contributed by atoms with Crippen molar-refractivity contribution in [3.05, 3.63) is 12.2 Å². The van der Waals surface area contributed by atoms with Crippen LogP contribution in [-0.4, -0.2) is 100 Å². The molecule has 1 rings (SSSR count). The highest BCUT2D eigenvalue weighted by molar-refractivity contribution is 5.76. The third-order valence-corrected chi connectivity index (χ3v) is 13.9. The van der Waals surface area contributed by atoms with E-state index in [-0.39, 0.29) is 18.5 Å². The lowest BCUT2D eigenvalue weighted by Gasteiger charge is -2.40. The van der Waals surface area contributed by atoms with Crippen LogP contribution < -0.4 is 5.32 Å². The molecule has 1 aliphatic heterocycles. The fourth-order valence-corrected chi connectivity index (χ4v) is 9.26. The van der Waals surface area contributed by atoms with Crippen LogP contribution in [0.15, 0.2) is 12.2 Å². The SMILES string of the molecule is CCCCCCCCC/C=C/C(O)C(COC1OC(CO)C(O)C(O)C1O)NC(=O)CCCCCCCCCCCCCCCCCCCCOC(=O)CCCCCCCCCCCCCCC. The third-order valence-electron chi connectivity index (χ3n) is 13.9. The molecule has 0 aromatic carbocycles. The Kier molecular flexibility index (Phi) is 45.2. The number of allylic oxidation sites excluding steroid dienone is 1. The van der Waals surface area contributed by atoms with Gasteiger partial charge in [0.05, 0.1) is 32.0 Å². The van der Waals surface area contributed by atoms with Gasteiger partial charge in [0, 0.05) is 12.8 Å². The van der Waals surface area contributed by atoms with Crippen LogP contribution in [0.3, 0.4) is 0 Å². The maximum Gasteiger partial charge on any atom is 0.305 e. The number of carbonyl (C=O) groups excluding carboxylic acids is 2. The van der Waals surface area contributed by atoms with Gasteiger partial charge >= 0.3 is 5.97 Å². The van der Waals surface area contributed by atoms with Crippen LogP contribution in [0.2, 0.25) is 0 Å². The molecular formula is C57H109NO10. The lowest BCUT2D eigenvalue weighted by Crippen LogP contribution is -2.60. The van der Waals surface area contributed by atoms with Gasteiger partial charge in [-0.3, -0.25) is 9.59 Å². The summed E-state index contributed by atoms with van der Waals surface area (Å²) in [6, 6.07) is -0.810. The molecular weight excluding hydrogens is 859 g/mol. The Hall–Kier alpha value is -1.60. The minimum absolute atomic E-state index is 0.00677. The molecule has 0 radical (unpaired) electrons. The van der Waals surface area contributed by atoms with Crippen molar-refractivity contribution in [2.45, 2.75) is 320 Å². The predicted molar refractivity (Wildman–Crippen MR) is 278 cm³/mol. The Balaban J connectivity index is 2.03. The van der Waals surface area contributed by atoms with Crippen LogP contribution in [0.25, 0.3) is 0 Å². The fourth-order valence-electron chi connectivity index (χ4n) is 9.26. The van der Waals surface area contributed by atoms with Gasteiger partial charge in [-0.1, -0.05) is 244 Å². The molecule has 1 fully saturated rings. The standard InChI is InChI=1S/C57H109NO10/c1-3-5-7-9-11-13-14-21-25-29-33-37-41-45-53(62)66-46-42-38-34-30-26-23-20-18-16-15-17-19-22-24-28-32-36-40-44-52(61)58-49(50(60)43-39-35-31-27-12-10-8-6-4-2)48-67-57-56(65)55(64)54(63)51(47-59)68-57/h39,43,49-51,54-57,59-60,63-65H,3-38,40-42,44-48H2,1-2H3,(H,58,61)/b43-39+. The van der Waals surface area contributed by atoms with Gasteiger partial charge in [0.1, 0.15) is 24.4 Å². The lowest BCUT2D eigenvalue weighted by molar-refractivity contribution is -0.302. The minimum Gasteiger partial charge on any atom is -0.466 e. The summed E-state index contributed by atoms with van der Waals surface area (Å²) in [5.41, 5.74) is 0. The summed E-state index contributed by atoms with van der Waals surface area (Å²) >= 11 is 0. The fraction of sp³-hybridized carbons (Fsp3) is 0.930. The van der Waals surface area contributed by atoms with E-state index in [1.54, 1.807) is 6.08 Å². The monoisotopic (exact) mass is 968 g/mol. The van der Waals surface area contributed by atoms with Crippen LogP contribution >= 0.6 is 0 Å². The summed E-state index contributed by atoms with van der Waals surface area (Å²) in [6.07, 6.45) is 44.5. The quantitative estimate of drug-likeness (QED) is 0.0196. The van der Waals surface area contributed by atoms with Gasteiger partial charge in [0.25, 0.3) is 0 Å². The van der Waals surface area contributed by atoms with Crippen molar-refractivity contribution in [3.63, 3.8) is 0 Å². The van der Waals surface area contributed by atoms with Gasteiger partial charge in [-0.05, 0) is 32.1 Å². The van der Waals surface area contributed by atoms with Crippen LogP contribution in [0.1, 0.15) is 277 Å². The average Bonchev–Trinajstić information content (AvgIpc) is 3.33. The second-order valence-electron chi connectivity index (χ2n) is 20.4. The Morgan fingerprint density at radius 3 is 1.37 bits per heavy atom. The van der Waals surface area contributed by atoms with E-state index in [4.69, 9.17) is 14.2 Å². The minimum atomic E-state index is -1.57. The van der Waals surface area contributed by atoms with Crippen LogP contribution in [0, 0.1) is 0 Å². The van der Waals surface area contributed by atoms with E-state index in [1.165, 1.54) is 186 Å². The first-order valence-corrected chi connectivity index (χ1v) is 29.0. The predicted octanol–water partition coefficient (Wildman–Crippen LogP) is 12.8. The summed E-state index contributed by atoms with van der Waals surface area (Å²) < 4.78 is 16.7. The molecule has 0 aromatic heterocycles. The van der Waals surface area contributed by atoms with Crippen molar-refractivity contribution in [1.82, 2.24) is 5.32 Å². The molecule has 0 spiro atoms. The van der Waals surface area contributed by atoms with Gasteiger partial charge in [-0.15, -0.1) is 0 Å². The molecule has 1 heterocycles. The summed E-state index contributed by atoms with van der Waals surface area (Å²) in [4.78, 5) is 25.0. The zero-order valence-electron chi connectivity index (χ0n) is 44.1.